The third-order valence-corrected chi connectivity index (χ3v) is 4.68. The first-order chi connectivity index (χ1) is 9.97. The second-order valence-electron chi connectivity index (χ2n) is 6.72. The molecule has 0 bridgehead atoms. The Kier molecular flexibility index (Phi) is 3.98. The zero-order chi connectivity index (χ0) is 15.0. The maximum Gasteiger partial charge on any atom is 0.170 e. The van der Waals surface area contributed by atoms with Crippen molar-refractivity contribution in [1.29, 1.82) is 0 Å². The van der Waals surface area contributed by atoms with Crippen molar-refractivity contribution in [2.24, 2.45) is 5.92 Å². The van der Waals surface area contributed by atoms with Gasteiger partial charge >= 0.3 is 0 Å². The van der Waals surface area contributed by atoms with Crippen LogP contribution in [0.3, 0.4) is 0 Å². The van der Waals surface area contributed by atoms with Crippen LogP contribution in [0.2, 0.25) is 5.02 Å². The minimum atomic E-state index is -0.300. The van der Waals surface area contributed by atoms with Crippen molar-refractivity contribution in [3.8, 4) is 5.75 Å². The molecule has 2 aliphatic rings. The first-order valence-corrected chi connectivity index (χ1v) is 8.09. The van der Waals surface area contributed by atoms with Crippen LogP contribution in [0.15, 0.2) is 18.2 Å². The fraction of sp³-hybridized carbons (Fsp3) is 0.588. The lowest BCUT2D eigenvalue weighted by Gasteiger charge is -2.44. The molecule has 1 fully saturated rings. The molecule has 2 heterocycles. The number of halogens is 1. The number of Topliss-reactive ketones (excluding diaryl/α,β-unsaturated/α-hetero) is 1. The molecule has 0 aromatic heterocycles. The van der Waals surface area contributed by atoms with Gasteiger partial charge in [-0.2, -0.15) is 0 Å². The van der Waals surface area contributed by atoms with Crippen LogP contribution >= 0.6 is 11.6 Å². The highest BCUT2D eigenvalue weighted by Crippen LogP contribution is 2.40. The molecule has 0 N–H and O–H groups in total. The molecule has 0 atom stereocenters. The Balaban J connectivity index is 1.74. The second-order valence-corrected chi connectivity index (χ2v) is 7.16. The third kappa shape index (κ3) is 3.09. The predicted molar refractivity (Wildman–Crippen MR) is 84.3 cm³/mol. The van der Waals surface area contributed by atoms with Crippen LogP contribution in [-0.2, 0) is 0 Å². The number of carbonyl (C=O) groups is 1. The molecule has 4 heteroatoms. The molecule has 1 aromatic rings. The standard InChI is InChI=1S/C17H22ClNO2/c1-12(2)11-19-7-5-17(6-8-19)10-15(20)14-9-13(18)3-4-16(14)21-17/h3-4,9,12H,5-8,10-11H2,1-2H3. The van der Waals surface area contributed by atoms with Gasteiger partial charge in [-0.15, -0.1) is 0 Å². The van der Waals surface area contributed by atoms with Gasteiger partial charge in [-0.05, 0) is 24.1 Å². The molecule has 0 radical (unpaired) electrons. The van der Waals surface area contributed by atoms with Gasteiger partial charge in [-0.1, -0.05) is 25.4 Å². The highest BCUT2D eigenvalue weighted by atomic mass is 35.5. The average Bonchev–Trinajstić information content (AvgIpc) is 2.42. The molecule has 0 aliphatic carbocycles. The summed E-state index contributed by atoms with van der Waals surface area (Å²) in [6.07, 6.45) is 2.33. The van der Waals surface area contributed by atoms with Gasteiger partial charge in [0.25, 0.3) is 0 Å². The zero-order valence-corrected chi connectivity index (χ0v) is 13.4. The van der Waals surface area contributed by atoms with Gasteiger partial charge in [0.2, 0.25) is 0 Å². The topological polar surface area (TPSA) is 29.5 Å². The van der Waals surface area contributed by atoms with Crippen LogP contribution in [0.5, 0.6) is 5.75 Å². The van der Waals surface area contributed by atoms with E-state index < -0.39 is 0 Å². The van der Waals surface area contributed by atoms with Crippen molar-refractivity contribution in [2.75, 3.05) is 19.6 Å². The van der Waals surface area contributed by atoms with Gasteiger partial charge < -0.3 is 9.64 Å². The molecule has 114 valence electrons. The number of benzene rings is 1. The normalized spacial score (nSPS) is 21.4. The summed E-state index contributed by atoms with van der Waals surface area (Å²) in [6, 6.07) is 5.34. The third-order valence-electron chi connectivity index (χ3n) is 4.44. The average molecular weight is 308 g/mol. The number of ether oxygens (including phenoxy) is 1. The van der Waals surface area contributed by atoms with E-state index in [0.29, 0.717) is 28.7 Å². The number of rotatable bonds is 2. The predicted octanol–water partition coefficient (Wildman–Crippen LogP) is 3.80. The summed E-state index contributed by atoms with van der Waals surface area (Å²) in [6.45, 7) is 7.62. The fourth-order valence-corrected chi connectivity index (χ4v) is 3.58. The quantitative estimate of drug-likeness (QED) is 0.832. The van der Waals surface area contributed by atoms with E-state index in [-0.39, 0.29) is 11.4 Å². The molecule has 0 unspecified atom stereocenters. The molecule has 0 saturated carbocycles. The SMILES string of the molecule is CC(C)CN1CCC2(CC1)CC(=O)c1cc(Cl)ccc1O2. The number of piperidine rings is 1. The van der Waals surface area contributed by atoms with E-state index in [1.54, 1.807) is 12.1 Å². The van der Waals surface area contributed by atoms with E-state index in [1.807, 2.05) is 6.07 Å². The molecule has 3 nitrogen and oxygen atoms in total. The molecule has 1 spiro atoms. The molecule has 2 aliphatic heterocycles. The Hall–Kier alpha value is -1.06. The van der Waals surface area contributed by atoms with Crippen LogP contribution in [0, 0.1) is 5.92 Å². The minimum absolute atomic E-state index is 0.163. The number of nitrogens with zero attached hydrogens (tertiary/aromatic N) is 1. The van der Waals surface area contributed by atoms with E-state index in [9.17, 15) is 4.79 Å². The summed E-state index contributed by atoms with van der Waals surface area (Å²) in [7, 11) is 0. The highest BCUT2D eigenvalue weighted by molar-refractivity contribution is 6.31. The van der Waals surface area contributed by atoms with Crippen LogP contribution in [0.25, 0.3) is 0 Å². The van der Waals surface area contributed by atoms with E-state index in [4.69, 9.17) is 16.3 Å². The van der Waals surface area contributed by atoms with Gasteiger partial charge in [0.15, 0.2) is 5.78 Å². The van der Waals surface area contributed by atoms with Gasteiger partial charge in [0.1, 0.15) is 11.4 Å². The van der Waals surface area contributed by atoms with Crippen LogP contribution in [0.4, 0.5) is 0 Å². The lowest BCUT2D eigenvalue weighted by Crippen LogP contribution is -2.51. The largest absolute Gasteiger partial charge is 0.486 e. The summed E-state index contributed by atoms with van der Waals surface area (Å²) in [5, 5.41) is 0.591. The van der Waals surface area contributed by atoms with E-state index in [1.165, 1.54) is 0 Å². The Bertz CT molecular complexity index is 548. The Morgan fingerprint density at radius 3 is 2.71 bits per heavy atom. The molecule has 1 saturated heterocycles. The lowest BCUT2D eigenvalue weighted by atomic mass is 9.82. The number of carbonyl (C=O) groups excluding carboxylic acids is 1. The minimum Gasteiger partial charge on any atom is -0.486 e. The monoisotopic (exact) mass is 307 g/mol. The summed E-state index contributed by atoms with van der Waals surface area (Å²) in [5.41, 5.74) is 0.337. The fourth-order valence-electron chi connectivity index (χ4n) is 3.40. The van der Waals surface area contributed by atoms with Crippen molar-refractivity contribution in [3.05, 3.63) is 28.8 Å². The molecular weight excluding hydrogens is 286 g/mol. The number of fused-ring (bicyclic) bond motifs is 1. The number of hydrogen-bond acceptors (Lipinski definition) is 3. The number of ketones is 1. The van der Waals surface area contributed by atoms with Crippen molar-refractivity contribution < 1.29 is 9.53 Å². The van der Waals surface area contributed by atoms with Crippen molar-refractivity contribution in [2.45, 2.75) is 38.7 Å². The van der Waals surface area contributed by atoms with Crippen molar-refractivity contribution >= 4 is 17.4 Å². The summed E-state index contributed by atoms with van der Waals surface area (Å²) in [4.78, 5) is 14.9. The first kappa shape index (κ1) is 14.9. The van der Waals surface area contributed by atoms with Gasteiger partial charge in [0, 0.05) is 37.5 Å². The van der Waals surface area contributed by atoms with Crippen LogP contribution in [-0.4, -0.2) is 35.9 Å². The molecule has 21 heavy (non-hydrogen) atoms. The first-order valence-electron chi connectivity index (χ1n) is 7.72. The molecule has 3 rings (SSSR count). The van der Waals surface area contributed by atoms with Gasteiger partial charge in [-0.3, -0.25) is 4.79 Å². The molecule has 0 amide bonds. The molecular formula is C17H22ClNO2. The number of hydrogen-bond donors (Lipinski definition) is 0. The van der Waals surface area contributed by atoms with E-state index in [2.05, 4.69) is 18.7 Å². The second kappa shape index (κ2) is 5.62. The number of likely N-dealkylation sites (tertiary alicyclic amines) is 1. The van der Waals surface area contributed by atoms with Gasteiger partial charge in [0.05, 0.1) is 12.0 Å². The van der Waals surface area contributed by atoms with E-state index in [0.717, 1.165) is 32.5 Å². The smallest absolute Gasteiger partial charge is 0.170 e. The van der Waals surface area contributed by atoms with Crippen molar-refractivity contribution in [1.82, 2.24) is 4.90 Å². The maximum absolute atomic E-state index is 12.4. The van der Waals surface area contributed by atoms with E-state index >= 15 is 0 Å². The van der Waals surface area contributed by atoms with Crippen molar-refractivity contribution in [3.63, 3.8) is 0 Å². The summed E-state index contributed by atoms with van der Waals surface area (Å²) in [5.74, 6) is 1.54. The maximum atomic E-state index is 12.4. The highest BCUT2D eigenvalue weighted by Gasteiger charge is 2.42. The Morgan fingerprint density at radius 1 is 1.33 bits per heavy atom. The van der Waals surface area contributed by atoms with Crippen LogP contribution in [0.1, 0.15) is 43.5 Å². The summed E-state index contributed by atoms with van der Waals surface area (Å²) < 4.78 is 6.23. The van der Waals surface area contributed by atoms with Crippen LogP contribution < -0.4 is 4.74 Å². The summed E-state index contributed by atoms with van der Waals surface area (Å²) >= 11 is 5.97. The Labute approximate surface area is 131 Å². The lowest BCUT2D eigenvalue weighted by molar-refractivity contribution is -0.0110. The van der Waals surface area contributed by atoms with Gasteiger partial charge in [-0.25, -0.2) is 0 Å². The molecule has 1 aromatic carbocycles. The Morgan fingerprint density at radius 2 is 2.05 bits per heavy atom. The zero-order valence-electron chi connectivity index (χ0n) is 12.7.